The molecule has 0 spiro atoms. The zero-order valence-corrected chi connectivity index (χ0v) is 21.2. The Labute approximate surface area is 217 Å². The summed E-state index contributed by atoms with van der Waals surface area (Å²) in [6.07, 6.45) is 0. The van der Waals surface area contributed by atoms with E-state index in [1.807, 2.05) is 73.7 Å². The maximum atomic E-state index is 13.7. The molecule has 0 radical (unpaired) electrons. The van der Waals surface area contributed by atoms with Gasteiger partial charge in [0, 0.05) is 26.7 Å². The molecule has 5 heteroatoms. The minimum atomic E-state index is -0.394. The molecule has 1 aliphatic rings. The molecule has 36 heavy (non-hydrogen) atoms. The van der Waals surface area contributed by atoms with Gasteiger partial charge in [0.15, 0.2) is 0 Å². The normalized spacial score (nSPS) is 15.0. The quantitative estimate of drug-likeness (QED) is 0.240. The smallest absolute Gasteiger partial charge is 0.337 e. The third kappa shape index (κ3) is 3.86. The Bertz CT molecular complexity index is 1660. The summed E-state index contributed by atoms with van der Waals surface area (Å²) >= 11 is 3.53. The topological polar surface area (TPSA) is 51.2 Å². The molecule has 1 aromatic heterocycles. The van der Waals surface area contributed by atoms with E-state index in [0.29, 0.717) is 5.57 Å². The van der Waals surface area contributed by atoms with Gasteiger partial charge in [-0.1, -0.05) is 82.7 Å². The number of nitrogens with one attached hydrogen (secondary N) is 1. The molecule has 0 fully saturated rings. The molecule has 2 heterocycles. The molecular formula is C31H23BrN2O2. The van der Waals surface area contributed by atoms with E-state index >= 15 is 0 Å². The zero-order chi connectivity index (χ0) is 24.6. The molecule has 6 rings (SSSR count). The lowest BCUT2D eigenvalue weighted by atomic mass is 9.82. The number of halogens is 1. The van der Waals surface area contributed by atoms with Crippen LogP contribution in [0.4, 0.5) is 5.69 Å². The van der Waals surface area contributed by atoms with E-state index in [0.717, 1.165) is 54.2 Å². The predicted molar refractivity (Wildman–Crippen MR) is 149 cm³/mol. The highest BCUT2D eigenvalue weighted by atomic mass is 79.9. The van der Waals surface area contributed by atoms with Gasteiger partial charge in [0.2, 0.25) is 0 Å². The van der Waals surface area contributed by atoms with Gasteiger partial charge in [0.1, 0.15) is 0 Å². The van der Waals surface area contributed by atoms with Crippen molar-refractivity contribution in [1.29, 1.82) is 0 Å². The van der Waals surface area contributed by atoms with Gasteiger partial charge >= 0.3 is 5.97 Å². The van der Waals surface area contributed by atoms with Crippen molar-refractivity contribution < 1.29 is 9.53 Å². The van der Waals surface area contributed by atoms with Crippen molar-refractivity contribution in [3.63, 3.8) is 0 Å². The molecule has 0 bridgehead atoms. The summed E-state index contributed by atoms with van der Waals surface area (Å²) < 4.78 is 6.63. The molecular weight excluding hydrogens is 512 g/mol. The fourth-order valence-corrected chi connectivity index (χ4v) is 5.24. The van der Waals surface area contributed by atoms with Crippen molar-refractivity contribution in [2.75, 3.05) is 11.9 Å². The maximum Gasteiger partial charge on any atom is 0.337 e. The van der Waals surface area contributed by atoms with Crippen LogP contribution in [-0.4, -0.2) is 17.6 Å². The van der Waals surface area contributed by atoms with Crippen molar-refractivity contribution in [2.45, 2.75) is 13.0 Å². The fraction of sp³-hybridized carbons (Fsp3) is 0.0968. The van der Waals surface area contributed by atoms with Crippen molar-refractivity contribution in [2.24, 2.45) is 0 Å². The number of aromatic nitrogens is 1. The van der Waals surface area contributed by atoms with Crippen molar-refractivity contribution in [3.8, 4) is 0 Å². The van der Waals surface area contributed by atoms with Gasteiger partial charge in [-0.2, -0.15) is 0 Å². The lowest BCUT2D eigenvalue weighted by Crippen LogP contribution is -2.27. The van der Waals surface area contributed by atoms with Gasteiger partial charge in [0.25, 0.3) is 0 Å². The number of pyridine rings is 1. The number of nitrogens with zero attached hydrogens (tertiary/aromatic N) is 1. The Morgan fingerprint density at radius 3 is 2.42 bits per heavy atom. The van der Waals surface area contributed by atoms with Crippen molar-refractivity contribution in [1.82, 2.24) is 4.98 Å². The van der Waals surface area contributed by atoms with E-state index in [-0.39, 0.29) is 12.6 Å². The monoisotopic (exact) mass is 534 g/mol. The molecule has 1 aliphatic heterocycles. The molecule has 1 unspecified atom stereocenters. The number of para-hydroxylation sites is 1. The van der Waals surface area contributed by atoms with Crippen LogP contribution in [0.2, 0.25) is 0 Å². The van der Waals surface area contributed by atoms with Crippen LogP contribution in [0.1, 0.15) is 29.8 Å². The number of ether oxygens (including phenoxy) is 1. The van der Waals surface area contributed by atoms with Gasteiger partial charge < -0.3 is 10.1 Å². The number of fused-ring (bicyclic) bond motifs is 4. The van der Waals surface area contributed by atoms with E-state index in [2.05, 4.69) is 51.6 Å². The van der Waals surface area contributed by atoms with Crippen molar-refractivity contribution >= 4 is 54.8 Å². The second kappa shape index (κ2) is 9.25. The second-order valence-electron chi connectivity index (χ2n) is 8.74. The summed E-state index contributed by atoms with van der Waals surface area (Å²) in [7, 11) is 0. The lowest BCUT2D eigenvalue weighted by molar-refractivity contribution is -0.138. The zero-order valence-electron chi connectivity index (χ0n) is 19.7. The van der Waals surface area contributed by atoms with E-state index in [1.54, 1.807) is 0 Å². The number of hydrogen-bond acceptors (Lipinski definition) is 4. The average molecular weight is 535 g/mol. The molecule has 0 saturated carbocycles. The molecule has 4 nitrogen and oxygen atoms in total. The second-order valence-corrected chi connectivity index (χ2v) is 9.65. The Hall–Kier alpha value is -3.96. The predicted octanol–water partition coefficient (Wildman–Crippen LogP) is 7.68. The Balaban J connectivity index is 1.71. The first-order valence-corrected chi connectivity index (χ1v) is 12.7. The van der Waals surface area contributed by atoms with Crippen molar-refractivity contribution in [3.05, 3.63) is 124 Å². The van der Waals surface area contributed by atoms with E-state index in [4.69, 9.17) is 9.72 Å². The minimum absolute atomic E-state index is 0.288. The summed E-state index contributed by atoms with van der Waals surface area (Å²) in [4.78, 5) is 18.7. The van der Waals surface area contributed by atoms with Crippen LogP contribution in [0, 0.1) is 0 Å². The van der Waals surface area contributed by atoms with Crippen LogP contribution in [0.15, 0.2) is 107 Å². The number of esters is 1. The third-order valence-corrected chi connectivity index (χ3v) is 7.12. The van der Waals surface area contributed by atoms with Gasteiger partial charge in [-0.15, -0.1) is 0 Å². The van der Waals surface area contributed by atoms with E-state index < -0.39 is 6.04 Å². The number of carbonyl (C=O) groups excluding carboxylic acids is 1. The first kappa shape index (κ1) is 22.5. The van der Waals surface area contributed by atoms with Gasteiger partial charge in [-0.05, 0) is 53.6 Å². The number of anilines is 1. The van der Waals surface area contributed by atoms with E-state index in [9.17, 15) is 4.79 Å². The Kier molecular flexibility index (Phi) is 5.78. The largest absolute Gasteiger partial charge is 0.463 e. The standard InChI is InChI=1S/C31H23BrN2O2/c1-2-36-31(35)29-28(26-18-14-20-8-4-6-10-24(20)33-26)27-23-9-5-3-7-19(23)13-17-25(27)34-30(29)21-11-15-22(32)16-12-21/h3-18,30,34H,2H2,1H3. The van der Waals surface area contributed by atoms with Gasteiger partial charge in [-0.25, -0.2) is 9.78 Å². The molecule has 1 atom stereocenters. The van der Waals surface area contributed by atoms with Crippen LogP contribution >= 0.6 is 15.9 Å². The number of benzene rings is 4. The molecule has 176 valence electrons. The van der Waals surface area contributed by atoms with Crippen LogP contribution in [-0.2, 0) is 9.53 Å². The van der Waals surface area contributed by atoms with Crippen LogP contribution in [0.3, 0.4) is 0 Å². The van der Waals surface area contributed by atoms with E-state index in [1.165, 1.54) is 0 Å². The first-order valence-electron chi connectivity index (χ1n) is 12.0. The van der Waals surface area contributed by atoms with Crippen LogP contribution in [0.5, 0.6) is 0 Å². The van der Waals surface area contributed by atoms with Gasteiger partial charge in [-0.3, -0.25) is 0 Å². The maximum absolute atomic E-state index is 13.7. The number of hydrogen-bond donors (Lipinski definition) is 1. The summed E-state index contributed by atoms with van der Waals surface area (Å²) in [5.41, 5.74) is 5.89. The van der Waals surface area contributed by atoms with Crippen LogP contribution < -0.4 is 5.32 Å². The number of carbonyl (C=O) groups is 1. The molecule has 0 amide bonds. The highest BCUT2D eigenvalue weighted by molar-refractivity contribution is 9.10. The molecule has 0 aliphatic carbocycles. The summed E-state index contributed by atoms with van der Waals surface area (Å²) in [6.45, 7) is 2.12. The Morgan fingerprint density at radius 2 is 1.61 bits per heavy atom. The fourth-order valence-electron chi connectivity index (χ4n) is 4.97. The highest BCUT2D eigenvalue weighted by Crippen LogP contribution is 2.46. The van der Waals surface area contributed by atoms with Crippen LogP contribution in [0.25, 0.3) is 27.2 Å². The molecule has 4 aromatic carbocycles. The molecule has 1 N–H and O–H groups in total. The lowest BCUT2D eigenvalue weighted by Gasteiger charge is -2.32. The number of rotatable bonds is 4. The summed E-state index contributed by atoms with van der Waals surface area (Å²) in [5, 5.41) is 6.86. The minimum Gasteiger partial charge on any atom is -0.463 e. The average Bonchev–Trinajstić information content (AvgIpc) is 2.92. The summed E-state index contributed by atoms with van der Waals surface area (Å²) in [5.74, 6) is -0.346. The highest BCUT2D eigenvalue weighted by Gasteiger charge is 2.35. The first-order chi connectivity index (χ1) is 17.6. The Morgan fingerprint density at radius 1 is 0.889 bits per heavy atom. The third-order valence-electron chi connectivity index (χ3n) is 6.59. The molecule has 0 saturated heterocycles. The van der Waals surface area contributed by atoms with Gasteiger partial charge in [0.05, 0.1) is 29.4 Å². The summed E-state index contributed by atoms with van der Waals surface area (Å²) in [6, 6.07) is 32.2. The SMILES string of the molecule is CCOC(=O)C1=C(c2ccc3ccccc3n2)c2c(ccc3ccccc23)NC1c1ccc(Br)cc1. The molecule has 5 aromatic rings.